The molecule has 1 aliphatic heterocycles. The zero-order valence-corrected chi connectivity index (χ0v) is 10.4. The summed E-state index contributed by atoms with van der Waals surface area (Å²) in [5.41, 5.74) is 0. The van der Waals surface area contributed by atoms with Gasteiger partial charge in [0.15, 0.2) is 0 Å². The van der Waals surface area contributed by atoms with Gasteiger partial charge in [0.2, 0.25) is 5.91 Å². The number of aliphatic carboxylic acids is 2. The van der Waals surface area contributed by atoms with Gasteiger partial charge >= 0.3 is 18.1 Å². The number of hydrogen-bond donors (Lipinski definition) is 2. The van der Waals surface area contributed by atoms with Crippen LogP contribution >= 0.6 is 0 Å². The average Bonchev–Trinajstić information content (AvgIpc) is 2.34. The number of hydrogen-bond acceptors (Lipinski definition) is 3. The molecule has 1 amide bonds. The third kappa shape index (κ3) is 4.39. The molecule has 20 heavy (non-hydrogen) atoms. The molecule has 6 nitrogen and oxygen atoms in total. The van der Waals surface area contributed by atoms with E-state index in [0.29, 0.717) is 0 Å². The fraction of sp³-hybridized carbons (Fsp3) is 0.727. The van der Waals surface area contributed by atoms with E-state index < -0.39 is 48.7 Å². The predicted octanol–water partition coefficient (Wildman–Crippen LogP) is 0.963. The number of carboxylic acids is 2. The minimum Gasteiger partial charge on any atom is -0.481 e. The van der Waals surface area contributed by atoms with E-state index in [-0.39, 0.29) is 19.5 Å². The number of alkyl halides is 3. The first-order valence-corrected chi connectivity index (χ1v) is 5.92. The lowest BCUT2D eigenvalue weighted by Crippen LogP contribution is -2.48. The van der Waals surface area contributed by atoms with E-state index in [9.17, 15) is 27.6 Å². The van der Waals surface area contributed by atoms with Crippen molar-refractivity contribution in [1.82, 2.24) is 4.90 Å². The molecular formula is C11H14F3NO5. The van der Waals surface area contributed by atoms with Gasteiger partial charge in [0.05, 0.1) is 18.3 Å². The molecular weight excluding hydrogens is 283 g/mol. The van der Waals surface area contributed by atoms with E-state index in [2.05, 4.69) is 0 Å². The first-order valence-electron chi connectivity index (χ1n) is 5.92. The van der Waals surface area contributed by atoms with Gasteiger partial charge in [-0.2, -0.15) is 13.2 Å². The van der Waals surface area contributed by atoms with Crippen LogP contribution in [-0.2, 0) is 14.4 Å². The molecule has 1 heterocycles. The van der Waals surface area contributed by atoms with Crippen molar-refractivity contribution in [2.45, 2.75) is 25.4 Å². The number of piperidine rings is 1. The van der Waals surface area contributed by atoms with Crippen molar-refractivity contribution in [1.29, 1.82) is 0 Å². The van der Waals surface area contributed by atoms with Crippen LogP contribution in [0.4, 0.5) is 13.2 Å². The number of rotatable bonds is 4. The molecule has 0 aromatic rings. The lowest BCUT2D eigenvalue weighted by Gasteiger charge is -2.34. The van der Waals surface area contributed by atoms with Crippen LogP contribution in [0.5, 0.6) is 0 Å². The van der Waals surface area contributed by atoms with Crippen LogP contribution < -0.4 is 0 Å². The highest BCUT2D eigenvalue weighted by Crippen LogP contribution is 2.26. The summed E-state index contributed by atoms with van der Waals surface area (Å²) in [5, 5.41) is 17.8. The maximum absolute atomic E-state index is 12.0. The number of amides is 1. The molecule has 0 aromatic carbocycles. The Kier molecular flexibility index (Phi) is 4.96. The van der Waals surface area contributed by atoms with Gasteiger partial charge in [0.1, 0.15) is 0 Å². The van der Waals surface area contributed by atoms with Gasteiger partial charge < -0.3 is 15.1 Å². The molecule has 0 bridgehead atoms. The SMILES string of the molecule is O=C(O)C1CCN(C(=O)CCC(F)(F)F)CC1C(=O)O. The maximum Gasteiger partial charge on any atom is 0.389 e. The van der Waals surface area contributed by atoms with Gasteiger partial charge in [-0.25, -0.2) is 0 Å². The second kappa shape index (κ2) is 6.10. The Morgan fingerprint density at radius 2 is 1.65 bits per heavy atom. The highest BCUT2D eigenvalue weighted by atomic mass is 19.4. The summed E-state index contributed by atoms with van der Waals surface area (Å²) in [5.74, 6) is -5.88. The van der Waals surface area contributed by atoms with Crippen LogP contribution in [0.15, 0.2) is 0 Å². The summed E-state index contributed by atoms with van der Waals surface area (Å²) in [7, 11) is 0. The number of nitrogens with zero attached hydrogens (tertiary/aromatic N) is 1. The van der Waals surface area contributed by atoms with Gasteiger partial charge in [-0.05, 0) is 6.42 Å². The topological polar surface area (TPSA) is 94.9 Å². The van der Waals surface area contributed by atoms with Crippen molar-refractivity contribution in [2.24, 2.45) is 11.8 Å². The van der Waals surface area contributed by atoms with Crippen LogP contribution in [0.2, 0.25) is 0 Å². The summed E-state index contributed by atoms with van der Waals surface area (Å²) in [6, 6.07) is 0. The third-order valence-corrected chi connectivity index (χ3v) is 3.22. The first kappa shape index (κ1) is 16.3. The molecule has 0 saturated carbocycles. The molecule has 2 unspecified atom stereocenters. The van der Waals surface area contributed by atoms with Crippen molar-refractivity contribution < 1.29 is 37.8 Å². The molecule has 0 aromatic heterocycles. The molecule has 9 heteroatoms. The fourth-order valence-corrected chi connectivity index (χ4v) is 2.13. The molecule has 0 spiro atoms. The summed E-state index contributed by atoms with van der Waals surface area (Å²) in [4.78, 5) is 34.4. The number of carboxylic acid groups (broad SMARTS) is 2. The Labute approximate surface area is 112 Å². The first-order chi connectivity index (χ1) is 9.11. The maximum atomic E-state index is 12.0. The van der Waals surface area contributed by atoms with E-state index in [1.807, 2.05) is 0 Å². The van der Waals surface area contributed by atoms with Crippen LogP contribution in [0.1, 0.15) is 19.3 Å². The summed E-state index contributed by atoms with van der Waals surface area (Å²) in [6.07, 6.45) is -6.57. The molecule has 114 valence electrons. The second-order valence-electron chi connectivity index (χ2n) is 4.63. The average molecular weight is 297 g/mol. The number of carbonyl (C=O) groups excluding carboxylic acids is 1. The van der Waals surface area contributed by atoms with E-state index in [0.717, 1.165) is 4.90 Å². The minimum atomic E-state index is -4.46. The summed E-state index contributed by atoms with van der Waals surface area (Å²) in [6.45, 7) is -0.416. The normalized spacial score (nSPS) is 23.4. The Morgan fingerprint density at radius 1 is 1.10 bits per heavy atom. The van der Waals surface area contributed by atoms with Crippen molar-refractivity contribution >= 4 is 17.8 Å². The molecule has 1 saturated heterocycles. The monoisotopic (exact) mass is 297 g/mol. The molecule has 1 rings (SSSR count). The molecule has 0 aliphatic carbocycles. The lowest BCUT2D eigenvalue weighted by atomic mass is 9.85. The highest BCUT2D eigenvalue weighted by Gasteiger charge is 2.40. The molecule has 1 fully saturated rings. The molecule has 2 N–H and O–H groups in total. The zero-order chi connectivity index (χ0) is 15.5. The molecule has 2 atom stereocenters. The van der Waals surface area contributed by atoms with Crippen molar-refractivity contribution in [3.63, 3.8) is 0 Å². The number of likely N-dealkylation sites (tertiary alicyclic amines) is 1. The molecule has 1 aliphatic rings. The predicted molar refractivity (Wildman–Crippen MR) is 58.7 cm³/mol. The Hall–Kier alpha value is -1.80. The largest absolute Gasteiger partial charge is 0.481 e. The van der Waals surface area contributed by atoms with Crippen molar-refractivity contribution in [3.8, 4) is 0 Å². The summed E-state index contributed by atoms with van der Waals surface area (Å²) >= 11 is 0. The van der Waals surface area contributed by atoms with Gasteiger partial charge in [-0.1, -0.05) is 0 Å². The van der Waals surface area contributed by atoms with Gasteiger partial charge in [0, 0.05) is 19.5 Å². The second-order valence-corrected chi connectivity index (χ2v) is 4.63. The van der Waals surface area contributed by atoms with E-state index >= 15 is 0 Å². The van der Waals surface area contributed by atoms with Crippen LogP contribution in [0.25, 0.3) is 0 Å². The Balaban J connectivity index is 2.64. The number of halogens is 3. The van der Waals surface area contributed by atoms with Crippen LogP contribution in [0, 0.1) is 11.8 Å². The quantitative estimate of drug-likeness (QED) is 0.806. The van der Waals surface area contributed by atoms with Crippen molar-refractivity contribution in [2.75, 3.05) is 13.1 Å². The Bertz CT molecular complexity index is 409. The standard InChI is InChI=1S/C11H14F3NO5/c12-11(13,14)3-1-8(16)15-4-2-6(9(17)18)7(5-15)10(19)20/h6-7H,1-5H2,(H,17,18)(H,19,20). The van der Waals surface area contributed by atoms with Gasteiger partial charge in [-0.3, -0.25) is 14.4 Å². The molecule has 0 radical (unpaired) electrons. The van der Waals surface area contributed by atoms with Crippen molar-refractivity contribution in [3.05, 3.63) is 0 Å². The number of carbonyl (C=O) groups is 3. The highest BCUT2D eigenvalue weighted by molar-refractivity contribution is 5.82. The Morgan fingerprint density at radius 3 is 2.10 bits per heavy atom. The minimum absolute atomic E-state index is 0.0442. The van der Waals surface area contributed by atoms with E-state index in [1.165, 1.54) is 0 Å². The van der Waals surface area contributed by atoms with E-state index in [4.69, 9.17) is 10.2 Å². The van der Waals surface area contributed by atoms with Gasteiger partial charge in [-0.15, -0.1) is 0 Å². The van der Waals surface area contributed by atoms with Crippen LogP contribution in [-0.4, -0.2) is 52.2 Å². The smallest absolute Gasteiger partial charge is 0.389 e. The zero-order valence-electron chi connectivity index (χ0n) is 10.4. The van der Waals surface area contributed by atoms with E-state index in [1.54, 1.807) is 0 Å². The fourth-order valence-electron chi connectivity index (χ4n) is 2.13. The lowest BCUT2D eigenvalue weighted by molar-refractivity contribution is -0.161. The summed E-state index contributed by atoms with van der Waals surface area (Å²) < 4.78 is 36.0. The third-order valence-electron chi connectivity index (χ3n) is 3.22. The van der Waals surface area contributed by atoms with Gasteiger partial charge in [0.25, 0.3) is 0 Å². The van der Waals surface area contributed by atoms with Crippen LogP contribution in [0.3, 0.4) is 0 Å².